The molecule has 1 heterocycles. The third kappa shape index (κ3) is 7.23. The van der Waals surface area contributed by atoms with Crippen LogP contribution in [0.2, 0.25) is 5.15 Å². The van der Waals surface area contributed by atoms with E-state index in [0.717, 1.165) is 31.7 Å². The first-order valence-electron chi connectivity index (χ1n) is 10.7. The van der Waals surface area contributed by atoms with E-state index < -0.39 is 23.5 Å². The SMILES string of the molecule is CC(C)OC(=O)c1cc(F)c(N(CNC(=O)OC(C)(C)C)[C@@H]2CCCCC2C)nc1Cl. The summed E-state index contributed by atoms with van der Waals surface area (Å²) in [7, 11) is 0. The number of pyridine rings is 1. The Kier molecular flexibility index (Phi) is 8.51. The van der Waals surface area contributed by atoms with Crippen molar-refractivity contribution in [3.05, 3.63) is 22.6 Å². The molecule has 174 valence electrons. The molecule has 1 unspecified atom stereocenters. The number of amides is 1. The number of nitrogens with one attached hydrogen (secondary N) is 1. The van der Waals surface area contributed by atoms with Crippen LogP contribution in [0.25, 0.3) is 0 Å². The molecule has 1 N–H and O–H groups in total. The summed E-state index contributed by atoms with van der Waals surface area (Å²) in [5, 5.41) is 2.54. The van der Waals surface area contributed by atoms with Gasteiger partial charge in [0.1, 0.15) is 16.3 Å². The van der Waals surface area contributed by atoms with Crippen molar-refractivity contribution in [2.24, 2.45) is 5.92 Å². The monoisotopic (exact) mass is 457 g/mol. The maximum Gasteiger partial charge on any atom is 0.409 e. The number of ether oxygens (including phenoxy) is 2. The van der Waals surface area contributed by atoms with Crippen molar-refractivity contribution in [2.45, 2.75) is 85.0 Å². The van der Waals surface area contributed by atoms with Gasteiger partial charge in [0.15, 0.2) is 11.6 Å². The van der Waals surface area contributed by atoms with Gasteiger partial charge >= 0.3 is 12.1 Å². The third-order valence-electron chi connectivity index (χ3n) is 5.00. The Bertz CT molecular complexity index is 798. The number of hydrogen-bond donors (Lipinski definition) is 1. The molecule has 0 spiro atoms. The molecule has 7 nitrogen and oxygen atoms in total. The fourth-order valence-electron chi connectivity index (χ4n) is 3.65. The van der Waals surface area contributed by atoms with Crippen molar-refractivity contribution >= 4 is 29.5 Å². The quantitative estimate of drug-likeness (QED) is 0.354. The molecule has 0 aromatic carbocycles. The first-order chi connectivity index (χ1) is 14.4. The Labute approximate surface area is 188 Å². The van der Waals surface area contributed by atoms with Gasteiger partial charge in [-0.25, -0.2) is 19.0 Å². The summed E-state index contributed by atoms with van der Waals surface area (Å²) < 4.78 is 25.6. The highest BCUT2D eigenvalue weighted by atomic mass is 35.5. The van der Waals surface area contributed by atoms with E-state index in [9.17, 15) is 9.59 Å². The first kappa shape index (κ1) is 25.2. The van der Waals surface area contributed by atoms with Gasteiger partial charge in [-0.15, -0.1) is 0 Å². The van der Waals surface area contributed by atoms with E-state index in [-0.39, 0.29) is 41.3 Å². The predicted molar refractivity (Wildman–Crippen MR) is 118 cm³/mol. The van der Waals surface area contributed by atoms with E-state index in [1.807, 2.05) is 0 Å². The highest BCUT2D eigenvalue weighted by Gasteiger charge is 2.32. The molecule has 0 bridgehead atoms. The van der Waals surface area contributed by atoms with E-state index >= 15 is 4.39 Å². The van der Waals surface area contributed by atoms with Crippen molar-refractivity contribution in [3.63, 3.8) is 0 Å². The smallest absolute Gasteiger partial charge is 0.409 e. The zero-order valence-corrected chi connectivity index (χ0v) is 19.9. The van der Waals surface area contributed by atoms with Gasteiger partial charge in [-0.05, 0) is 59.4 Å². The topological polar surface area (TPSA) is 80.8 Å². The van der Waals surface area contributed by atoms with Gasteiger partial charge in [-0.3, -0.25) is 0 Å². The van der Waals surface area contributed by atoms with Gasteiger partial charge in [-0.1, -0.05) is 31.4 Å². The third-order valence-corrected chi connectivity index (χ3v) is 5.29. The number of carbonyl (C=O) groups excluding carboxylic acids is 2. The Morgan fingerprint density at radius 3 is 2.55 bits per heavy atom. The number of carbonyl (C=O) groups is 2. The lowest BCUT2D eigenvalue weighted by Crippen LogP contribution is -2.49. The second kappa shape index (κ2) is 10.5. The minimum absolute atomic E-state index is 0.0000436. The second-order valence-corrected chi connectivity index (χ2v) is 9.58. The van der Waals surface area contributed by atoms with Gasteiger partial charge < -0.3 is 19.7 Å². The first-order valence-corrected chi connectivity index (χ1v) is 11.1. The number of aromatic nitrogens is 1. The maximum absolute atomic E-state index is 15.1. The Hall–Kier alpha value is -2.09. The summed E-state index contributed by atoms with van der Waals surface area (Å²) in [6.45, 7) is 10.8. The number of nitrogens with zero attached hydrogens (tertiary/aromatic N) is 2. The van der Waals surface area contributed by atoms with Crippen molar-refractivity contribution in [2.75, 3.05) is 11.6 Å². The van der Waals surface area contributed by atoms with Crippen LogP contribution in [0.5, 0.6) is 0 Å². The normalized spacial score (nSPS) is 19.1. The standard InChI is InChI=1S/C22H33ClFN3O4/c1-13(2)30-20(28)15-11-16(24)19(26-18(15)23)27(17-10-8-7-9-14(17)3)12-25-21(29)31-22(4,5)6/h11,13-14,17H,7-10,12H2,1-6H3,(H,25,29)/t14?,17-/m1/s1. The van der Waals surface area contributed by atoms with Crippen LogP contribution >= 0.6 is 11.6 Å². The molecular formula is C22H33ClFN3O4. The number of rotatable bonds is 6. The molecule has 31 heavy (non-hydrogen) atoms. The molecule has 1 aromatic heterocycles. The van der Waals surface area contributed by atoms with Gasteiger partial charge in [0.25, 0.3) is 0 Å². The summed E-state index contributed by atoms with van der Waals surface area (Å²) in [4.78, 5) is 30.3. The minimum Gasteiger partial charge on any atom is -0.459 e. The van der Waals surface area contributed by atoms with E-state index in [1.54, 1.807) is 39.5 Å². The van der Waals surface area contributed by atoms with Gasteiger partial charge in [0, 0.05) is 6.04 Å². The Morgan fingerprint density at radius 2 is 1.97 bits per heavy atom. The lowest BCUT2D eigenvalue weighted by molar-refractivity contribution is 0.0376. The lowest BCUT2D eigenvalue weighted by Gasteiger charge is -2.39. The van der Waals surface area contributed by atoms with Crippen LogP contribution in [-0.2, 0) is 9.47 Å². The summed E-state index contributed by atoms with van der Waals surface area (Å²) in [5.74, 6) is -1.19. The largest absolute Gasteiger partial charge is 0.459 e. The predicted octanol–water partition coefficient (Wildman–Crippen LogP) is 5.31. The van der Waals surface area contributed by atoms with Crippen molar-refractivity contribution in [3.8, 4) is 0 Å². The molecule has 9 heteroatoms. The molecule has 0 radical (unpaired) electrons. The minimum atomic E-state index is -0.734. The number of halogens is 2. The molecule has 1 aliphatic carbocycles. The van der Waals surface area contributed by atoms with E-state index in [4.69, 9.17) is 21.1 Å². The molecule has 1 fully saturated rings. The number of esters is 1. The highest BCUT2D eigenvalue weighted by molar-refractivity contribution is 6.32. The molecule has 2 rings (SSSR count). The van der Waals surface area contributed by atoms with Crippen LogP contribution in [0, 0.1) is 11.7 Å². The second-order valence-electron chi connectivity index (χ2n) is 9.22. The maximum atomic E-state index is 15.1. The van der Waals surface area contributed by atoms with Crippen LogP contribution in [0.3, 0.4) is 0 Å². The Balaban J connectivity index is 2.33. The zero-order valence-electron chi connectivity index (χ0n) is 19.1. The summed E-state index contributed by atoms with van der Waals surface area (Å²) >= 11 is 6.23. The lowest BCUT2D eigenvalue weighted by atomic mass is 9.85. The molecule has 0 aliphatic heterocycles. The molecular weight excluding hydrogens is 425 g/mol. The molecule has 1 aliphatic rings. The van der Waals surface area contributed by atoms with Crippen LogP contribution in [0.4, 0.5) is 15.0 Å². The van der Waals surface area contributed by atoms with Gasteiger partial charge in [-0.2, -0.15) is 0 Å². The molecule has 1 aromatic rings. The number of hydrogen-bond acceptors (Lipinski definition) is 6. The van der Waals surface area contributed by atoms with Crippen molar-refractivity contribution < 1.29 is 23.5 Å². The van der Waals surface area contributed by atoms with Crippen LogP contribution in [0.1, 0.15) is 77.6 Å². The molecule has 2 atom stereocenters. The Morgan fingerprint density at radius 1 is 1.32 bits per heavy atom. The van der Waals surface area contributed by atoms with Crippen molar-refractivity contribution in [1.29, 1.82) is 0 Å². The van der Waals surface area contributed by atoms with E-state index in [1.165, 1.54) is 0 Å². The highest BCUT2D eigenvalue weighted by Crippen LogP contribution is 2.33. The molecule has 1 amide bonds. The van der Waals surface area contributed by atoms with Crippen LogP contribution in [-0.4, -0.2) is 41.5 Å². The van der Waals surface area contributed by atoms with Crippen LogP contribution in [0.15, 0.2) is 6.07 Å². The molecule has 0 saturated heterocycles. The van der Waals surface area contributed by atoms with E-state index in [0.29, 0.717) is 0 Å². The van der Waals surface area contributed by atoms with Gasteiger partial charge in [0.2, 0.25) is 0 Å². The summed E-state index contributed by atoms with van der Waals surface area (Å²) in [5.41, 5.74) is -0.786. The van der Waals surface area contributed by atoms with E-state index in [2.05, 4.69) is 17.2 Å². The fourth-order valence-corrected chi connectivity index (χ4v) is 3.86. The fraction of sp³-hybridized carbons (Fsp3) is 0.682. The molecule has 1 saturated carbocycles. The number of alkyl carbamates (subject to hydrolysis) is 1. The van der Waals surface area contributed by atoms with Gasteiger partial charge in [0.05, 0.1) is 12.8 Å². The zero-order chi connectivity index (χ0) is 23.3. The number of anilines is 1. The van der Waals surface area contributed by atoms with Crippen LogP contribution < -0.4 is 10.2 Å². The summed E-state index contributed by atoms with van der Waals surface area (Å²) in [6, 6.07) is 0.999. The average Bonchev–Trinajstić information content (AvgIpc) is 2.63. The summed E-state index contributed by atoms with van der Waals surface area (Å²) in [6.07, 6.45) is 2.93. The average molecular weight is 458 g/mol. The van der Waals surface area contributed by atoms with Crippen molar-refractivity contribution in [1.82, 2.24) is 10.3 Å².